The van der Waals surface area contributed by atoms with Crippen LogP contribution in [0.1, 0.15) is 24.2 Å². The van der Waals surface area contributed by atoms with Crippen LogP contribution in [0.2, 0.25) is 5.15 Å². The first-order valence-electron chi connectivity index (χ1n) is 6.03. The van der Waals surface area contributed by atoms with Gasteiger partial charge in [-0.1, -0.05) is 25.4 Å². The van der Waals surface area contributed by atoms with Crippen molar-refractivity contribution in [2.24, 2.45) is 5.92 Å². The van der Waals surface area contributed by atoms with Gasteiger partial charge in [0.2, 0.25) is 0 Å². The Labute approximate surface area is 125 Å². The van der Waals surface area contributed by atoms with E-state index in [0.29, 0.717) is 0 Å². The number of carbonyl (C=O) groups is 2. The summed E-state index contributed by atoms with van der Waals surface area (Å²) in [6.45, 7) is 3.21. The van der Waals surface area contributed by atoms with E-state index in [4.69, 9.17) is 16.7 Å². The molecule has 0 spiro atoms. The number of amides is 1. The summed E-state index contributed by atoms with van der Waals surface area (Å²) in [5.74, 6) is -1.96. The lowest BCUT2D eigenvalue weighted by atomic mass is 10.1. The Hall–Kier alpha value is -2.22. The van der Waals surface area contributed by atoms with Crippen molar-refractivity contribution < 1.29 is 19.6 Å². The predicted molar refractivity (Wildman–Crippen MR) is 74.3 cm³/mol. The molecule has 1 aromatic heterocycles. The van der Waals surface area contributed by atoms with Gasteiger partial charge in [0.05, 0.1) is 4.92 Å². The molecule has 8 nitrogen and oxygen atoms in total. The Morgan fingerprint density at radius 2 is 2.14 bits per heavy atom. The molecule has 0 aliphatic carbocycles. The molecule has 0 saturated carbocycles. The summed E-state index contributed by atoms with van der Waals surface area (Å²) in [6.07, 6.45) is 0.879. The van der Waals surface area contributed by atoms with Gasteiger partial charge in [-0.15, -0.1) is 0 Å². The number of aliphatic carboxylic acids is 1. The van der Waals surface area contributed by atoms with Gasteiger partial charge in [0.25, 0.3) is 11.6 Å². The highest BCUT2D eigenvalue weighted by Gasteiger charge is 2.27. The molecule has 0 aliphatic heterocycles. The Kier molecular flexibility index (Phi) is 5.60. The van der Waals surface area contributed by atoms with Gasteiger partial charge in [-0.25, -0.2) is 4.98 Å². The number of pyridine rings is 1. The lowest BCUT2D eigenvalue weighted by molar-refractivity contribution is -0.385. The highest BCUT2D eigenvalue weighted by Crippen LogP contribution is 2.22. The van der Waals surface area contributed by atoms with Gasteiger partial charge in [-0.3, -0.25) is 19.7 Å². The largest absolute Gasteiger partial charge is 0.480 e. The smallest absolute Gasteiger partial charge is 0.323 e. The number of nitrogens with zero attached hydrogens (tertiary/aromatic N) is 3. The molecule has 1 heterocycles. The fraction of sp³-hybridized carbons (Fsp3) is 0.417. The number of carboxylic acids is 1. The third kappa shape index (κ3) is 4.67. The number of carboxylic acid groups (broad SMARTS) is 1. The van der Waals surface area contributed by atoms with Gasteiger partial charge in [0.1, 0.15) is 23.5 Å². The molecular formula is C12H14ClN3O5. The number of aromatic nitrogens is 1. The second kappa shape index (κ2) is 6.98. The van der Waals surface area contributed by atoms with Crippen molar-refractivity contribution in [2.75, 3.05) is 13.1 Å². The molecule has 0 aromatic carbocycles. The van der Waals surface area contributed by atoms with E-state index in [2.05, 4.69) is 4.98 Å². The number of halogens is 1. The lowest BCUT2D eigenvalue weighted by Crippen LogP contribution is -2.38. The van der Waals surface area contributed by atoms with Gasteiger partial charge < -0.3 is 10.0 Å². The number of hydrogen-bond donors (Lipinski definition) is 1. The first-order chi connectivity index (χ1) is 9.72. The average Bonchev–Trinajstić information content (AvgIpc) is 2.35. The van der Waals surface area contributed by atoms with E-state index in [1.807, 2.05) is 0 Å². The van der Waals surface area contributed by atoms with Crippen molar-refractivity contribution in [1.82, 2.24) is 9.88 Å². The van der Waals surface area contributed by atoms with Gasteiger partial charge in [-0.05, 0) is 12.0 Å². The molecule has 1 aromatic rings. The molecule has 1 rings (SSSR count). The van der Waals surface area contributed by atoms with Crippen molar-refractivity contribution >= 4 is 29.2 Å². The van der Waals surface area contributed by atoms with E-state index < -0.39 is 29.0 Å². The van der Waals surface area contributed by atoms with Crippen molar-refractivity contribution in [3.8, 4) is 0 Å². The third-order valence-electron chi connectivity index (χ3n) is 2.48. The summed E-state index contributed by atoms with van der Waals surface area (Å²) >= 11 is 5.66. The minimum Gasteiger partial charge on any atom is -0.480 e. The van der Waals surface area contributed by atoms with Crippen LogP contribution >= 0.6 is 11.6 Å². The molecular weight excluding hydrogens is 302 g/mol. The van der Waals surface area contributed by atoms with Gasteiger partial charge in [-0.2, -0.15) is 0 Å². The number of nitro groups is 1. The van der Waals surface area contributed by atoms with E-state index in [9.17, 15) is 19.7 Å². The summed E-state index contributed by atoms with van der Waals surface area (Å²) in [5.41, 5.74) is -0.787. The molecule has 114 valence electrons. The van der Waals surface area contributed by atoms with Crippen molar-refractivity contribution in [3.05, 3.63) is 33.1 Å². The van der Waals surface area contributed by atoms with Crippen LogP contribution < -0.4 is 0 Å². The first kappa shape index (κ1) is 16.8. The minimum absolute atomic E-state index is 0.00432. The first-order valence-corrected chi connectivity index (χ1v) is 6.41. The summed E-state index contributed by atoms with van der Waals surface area (Å²) in [5, 5.41) is 19.7. The molecule has 0 aliphatic rings. The molecule has 1 N–H and O–H groups in total. The van der Waals surface area contributed by atoms with Crippen LogP contribution in [0.4, 0.5) is 5.69 Å². The van der Waals surface area contributed by atoms with Crippen LogP contribution in [0, 0.1) is 16.0 Å². The van der Waals surface area contributed by atoms with Gasteiger partial charge >= 0.3 is 5.97 Å². The van der Waals surface area contributed by atoms with Crippen LogP contribution in [-0.4, -0.2) is 44.9 Å². The summed E-state index contributed by atoms with van der Waals surface area (Å²) in [6, 6.07) is 1.07. The molecule has 21 heavy (non-hydrogen) atoms. The number of carbonyl (C=O) groups excluding carboxylic acids is 1. The standard InChI is InChI=1S/C12H14ClN3O5/c1-7(2)5-15(6-11(17)18)12(19)8-3-10(13)14-4-9(8)16(20)21/h3-4,7H,5-6H2,1-2H3,(H,17,18). The SMILES string of the molecule is CC(C)CN(CC(=O)O)C(=O)c1cc(Cl)ncc1[N+](=O)[O-]. The zero-order valence-electron chi connectivity index (χ0n) is 11.4. The quantitative estimate of drug-likeness (QED) is 0.486. The molecule has 9 heteroatoms. The summed E-state index contributed by atoms with van der Waals surface area (Å²) in [4.78, 5) is 38.0. The molecule has 0 atom stereocenters. The molecule has 0 radical (unpaired) electrons. The Balaban J connectivity index is 3.21. The molecule has 0 fully saturated rings. The van der Waals surface area contributed by atoms with E-state index in [-0.39, 0.29) is 23.2 Å². The molecule has 0 bridgehead atoms. The van der Waals surface area contributed by atoms with E-state index in [1.165, 1.54) is 0 Å². The maximum Gasteiger partial charge on any atom is 0.323 e. The highest BCUT2D eigenvalue weighted by molar-refractivity contribution is 6.29. The van der Waals surface area contributed by atoms with Crippen molar-refractivity contribution in [1.29, 1.82) is 0 Å². The van der Waals surface area contributed by atoms with Crippen molar-refractivity contribution in [2.45, 2.75) is 13.8 Å². The normalized spacial score (nSPS) is 10.5. The van der Waals surface area contributed by atoms with E-state index >= 15 is 0 Å². The Bertz CT molecular complexity index is 576. The van der Waals surface area contributed by atoms with Crippen LogP contribution in [0.5, 0.6) is 0 Å². The Morgan fingerprint density at radius 3 is 2.62 bits per heavy atom. The monoisotopic (exact) mass is 315 g/mol. The number of hydrogen-bond acceptors (Lipinski definition) is 5. The van der Waals surface area contributed by atoms with E-state index in [1.54, 1.807) is 13.8 Å². The van der Waals surface area contributed by atoms with Crippen LogP contribution in [0.25, 0.3) is 0 Å². The van der Waals surface area contributed by atoms with Gasteiger partial charge in [0, 0.05) is 6.54 Å². The predicted octanol–water partition coefficient (Wildman–Crippen LogP) is 1.83. The maximum atomic E-state index is 12.4. The van der Waals surface area contributed by atoms with Crippen molar-refractivity contribution in [3.63, 3.8) is 0 Å². The molecule has 1 amide bonds. The fourth-order valence-corrected chi connectivity index (χ4v) is 1.89. The summed E-state index contributed by atoms with van der Waals surface area (Å²) < 4.78 is 0. The molecule has 0 saturated heterocycles. The van der Waals surface area contributed by atoms with Crippen LogP contribution in [0.3, 0.4) is 0 Å². The maximum absolute atomic E-state index is 12.4. The van der Waals surface area contributed by atoms with E-state index in [0.717, 1.165) is 17.2 Å². The topological polar surface area (TPSA) is 114 Å². The second-order valence-corrected chi connectivity index (χ2v) is 5.14. The molecule has 0 unspecified atom stereocenters. The zero-order valence-corrected chi connectivity index (χ0v) is 12.2. The van der Waals surface area contributed by atoms with Crippen LogP contribution in [-0.2, 0) is 4.79 Å². The average molecular weight is 316 g/mol. The van der Waals surface area contributed by atoms with Gasteiger partial charge in [0.15, 0.2) is 0 Å². The zero-order chi connectivity index (χ0) is 16.2. The Morgan fingerprint density at radius 1 is 1.52 bits per heavy atom. The summed E-state index contributed by atoms with van der Waals surface area (Å²) in [7, 11) is 0. The fourth-order valence-electron chi connectivity index (χ4n) is 1.73. The number of rotatable bonds is 6. The second-order valence-electron chi connectivity index (χ2n) is 4.75. The minimum atomic E-state index is -1.20. The lowest BCUT2D eigenvalue weighted by Gasteiger charge is -2.22. The third-order valence-corrected chi connectivity index (χ3v) is 2.68. The highest BCUT2D eigenvalue weighted by atomic mass is 35.5. The van der Waals surface area contributed by atoms with Crippen LogP contribution in [0.15, 0.2) is 12.3 Å².